The highest BCUT2D eigenvalue weighted by Gasteiger charge is 2.26. The summed E-state index contributed by atoms with van der Waals surface area (Å²) in [5, 5.41) is 29.5. The van der Waals surface area contributed by atoms with Gasteiger partial charge in [-0.3, -0.25) is 4.79 Å². The zero-order chi connectivity index (χ0) is 13.9. The number of carboxylic acid groups (broad SMARTS) is 1. The molecule has 0 aliphatic rings. The van der Waals surface area contributed by atoms with Crippen LogP contribution in [0.15, 0.2) is 18.2 Å². The number of carbonyl (C=O) groups excluding carboxylic acids is 1. The van der Waals surface area contributed by atoms with Gasteiger partial charge in [0.15, 0.2) is 6.04 Å². The summed E-state index contributed by atoms with van der Waals surface area (Å²) in [6.45, 7) is 1.24. The van der Waals surface area contributed by atoms with Crippen molar-refractivity contribution in [3.8, 4) is 5.75 Å². The van der Waals surface area contributed by atoms with Crippen molar-refractivity contribution >= 4 is 23.5 Å². The van der Waals surface area contributed by atoms with E-state index in [0.717, 1.165) is 6.07 Å². The van der Waals surface area contributed by atoms with Crippen molar-refractivity contribution in [3.05, 3.63) is 28.8 Å². The van der Waals surface area contributed by atoms with E-state index in [1.165, 1.54) is 19.1 Å². The average Bonchev–Trinajstić information content (AvgIpc) is 2.28. The Morgan fingerprint density at radius 3 is 2.50 bits per heavy atom. The molecule has 0 saturated carbocycles. The summed E-state index contributed by atoms with van der Waals surface area (Å²) in [6, 6.07) is 2.27. The first-order valence-corrected chi connectivity index (χ1v) is 5.41. The lowest BCUT2D eigenvalue weighted by Gasteiger charge is -2.17. The fourth-order valence-electron chi connectivity index (χ4n) is 1.29. The SMILES string of the molecule is C[C@@H](O)[C@H](NC(=O)c1cc(O)ccc1Cl)C(=O)O. The maximum absolute atomic E-state index is 11.8. The quantitative estimate of drug-likeness (QED) is 0.643. The molecule has 4 N–H and O–H groups in total. The zero-order valence-corrected chi connectivity index (χ0v) is 10.2. The summed E-state index contributed by atoms with van der Waals surface area (Å²) in [4.78, 5) is 22.6. The highest BCUT2D eigenvalue weighted by atomic mass is 35.5. The first kappa shape index (κ1) is 14.3. The summed E-state index contributed by atoms with van der Waals surface area (Å²) < 4.78 is 0. The van der Waals surface area contributed by atoms with E-state index in [1.807, 2.05) is 0 Å². The maximum atomic E-state index is 11.8. The van der Waals surface area contributed by atoms with Gasteiger partial charge in [0.2, 0.25) is 0 Å². The standard InChI is InChI=1S/C11H12ClNO5/c1-5(14)9(11(17)18)13-10(16)7-4-6(15)2-3-8(7)12/h2-5,9,14-15H,1H3,(H,13,16)(H,17,18)/t5-,9+/m1/s1. The molecule has 0 bridgehead atoms. The molecule has 6 nitrogen and oxygen atoms in total. The molecule has 18 heavy (non-hydrogen) atoms. The Labute approximate surface area is 108 Å². The minimum absolute atomic E-state index is 0.0661. The van der Waals surface area contributed by atoms with Gasteiger partial charge in [0.05, 0.1) is 16.7 Å². The van der Waals surface area contributed by atoms with Crippen molar-refractivity contribution in [1.29, 1.82) is 0 Å². The Morgan fingerprint density at radius 1 is 1.39 bits per heavy atom. The number of halogens is 1. The highest BCUT2D eigenvalue weighted by Crippen LogP contribution is 2.21. The Kier molecular flexibility index (Phi) is 4.52. The highest BCUT2D eigenvalue weighted by molar-refractivity contribution is 6.33. The van der Waals surface area contributed by atoms with Crippen LogP contribution in [0.4, 0.5) is 0 Å². The van der Waals surface area contributed by atoms with Crippen molar-refractivity contribution in [2.75, 3.05) is 0 Å². The fraction of sp³-hybridized carbons (Fsp3) is 0.273. The van der Waals surface area contributed by atoms with Crippen LogP contribution in [0.25, 0.3) is 0 Å². The number of benzene rings is 1. The monoisotopic (exact) mass is 273 g/mol. The summed E-state index contributed by atoms with van der Waals surface area (Å²) in [5.74, 6) is -2.33. The van der Waals surface area contributed by atoms with Crippen LogP contribution in [0.5, 0.6) is 5.75 Å². The van der Waals surface area contributed by atoms with E-state index in [4.69, 9.17) is 16.7 Å². The number of hydrogen-bond acceptors (Lipinski definition) is 4. The molecule has 1 rings (SSSR count). The second-order valence-electron chi connectivity index (χ2n) is 3.69. The minimum Gasteiger partial charge on any atom is -0.508 e. The third kappa shape index (κ3) is 3.35. The normalized spacial score (nSPS) is 13.7. The van der Waals surface area contributed by atoms with Crippen LogP contribution in [-0.2, 0) is 4.79 Å². The molecule has 0 saturated heterocycles. The van der Waals surface area contributed by atoms with E-state index in [-0.39, 0.29) is 16.3 Å². The molecular weight excluding hydrogens is 262 g/mol. The largest absolute Gasteiger partial charge is 0.508 e. The van der Waals surface area contributed by atoms with Crippen molar-refractivity contribution in [3.63, 3.8) is 0 Å². The fourth-order valence-corrected chi connectivity index (χ4v) is 1.50. The maximum Gasteiger partial charge on any atom is 0.328 e. The number of carboxylic acids is 1. The molecule has 0 fully saturated rings. The summed E-state index contributed by atoms with van der Waals surface area (Å²) in [7, 11) is 0. The third-order valence-electron chi connectivity index (χ3n) is 2.23. The number of hydrogen-bond donors (Lipinski definition) is 4. The van der Waals surface area contributed by atoms with E-state index in [2.05, 4.69) is 5.32 Å². The first-order chi connectivity index (χ1) is 8.32. The van der Waals surface area contributed by atoms with E-state index >= 15 is 0 Å². The molecule has 0 spiro atoms. The molecule has 0 radical (unpaired) electrons. The number of aliphatic hydroxyl groups excluding tert-OH is 1. The van der Waals surface area contributed by atoms with Crippen LogP contribution < -0.4 is 5.32 Å². The summed E-state index contributed by atoms with van der Waals surface area (Å²) >= 11 is 5.75. The number of phenols is 1. The zero-order valence-electron chi connectivity index (χ0n) is 9.42. The summed E-state index contributed by atoms with van der Waals surface area (Å²) in [6.07, 6.45) is -1.26. The number of aliphatic carboxylic acids is 1. The molecule has 0 aromatic heterocycles. The van der Waals surface area contributed by atoms with Gasteiger partial charge in [0.25, 0.3) is 5.91 Å². The first-order valence-electron chi connectivity index (χ1n) is 5.03. The molecule has 0 unspecified atom stereocenters. The number of amides is 1. The minimum atomic E-state index is -1.45. The van der Waals surface area contributed by atoms with Crippen LogP contribution in [0.3, 0.4) is 0 Å². The van der Waals surface area contributed by atoms with Gasteiger partial charge < -0.3 is 20.6 Å². The number of nitrogens with one attached hydrogen (secondary N) is 1. The smallest absolute Gasteiger partial charge is 0.328 e. The van der Waals surface area contributed by atoms with Crippen LogP contribution in [-0.4, -0.2) is 39.3 Å². The number of aromatic hydroxyl groups is 1. The van der Waals surface area contributed by atoms with Gasteiger partial charge in [-0.15, -0.1) is 0 Å². The number of aliphatic hydroxyl groups is 1. The van der Waals surface area contributed by atoms with Gasteiger partial charge in [0.1, 0.15) is 5.75 Å². The Balaban J connectivity index is 2.94. The molecule has 98 valence electrons. The second-order valence-corrected chi connectivity index (χ2v) is 4.10. The van der Waals surface area contributed by atoms with Crippen molar-refractivity contribution in [2.24, 2.45) is 0 Å². The molecule has 1 amide bonds. The number of carbonyl (C=O) groups is 2. The predicted octanol–water partition coefficient (Wildman–Crippen LogP) is 0.609. The van der Waals surface area contributed by atoms with Crippen LogP contribution in [0.2, 0.25) is 5.02 Å². The lowest BCUT2D eigenvalue weighted by Crippen LogP contribution is -2.47. The molecule has 0 aliphatic carbocycles. The van der Waals surface area contributed by atoms with Crippen LogP contribution >= 0.6 is 11.6 Å². The van der Waals surface area contributed by atoms with E-state index < -0.39 is 24.0 Å². The van der Waals surface area contributed by atoms with Crippen molar-refractivity contribution < 1.29 is 24.9 Å². The molecule has 2 atom stereocenters. The van der Waals surface area contributed by atoms with Gasteiger partial charge in [-0.05, 0) is 25.1 Å². The predicted molar refractivity (Wildman–Crippen MR) is 63.7 cm³/mol. The molecule has 1 aromatic rings. The van der Waals surface area contributed by atoms with Crippen molar-refractivity contribution in [2.45, 2.75) is 19.1 Å². The number of rotatable bonds is 4. The number of phenolic OH excluding ortho intramolecular Hbond substituents is 1. The van der Waals surface area contributed by atoms with Crippen LogP contribution in [0, 0.1) is 0 Å². The molecular formula is C11H12ClNO5. The molecule has 7 heteroatoms. The van der Waals surface area contributed by atoms with Crippen LogP contribution in [0.1, 0.15) is 17.3 Å². The van der Waals surface area contributed by atoms with Gasteiger partial charge in [-0.2, -0.15) is 0 Å². The third-order valence-corrected chi connectivity index (χ3v) is 2.56. The summed E-state index contributed by atoms with van der Waals surface area (Å²) in [5.41, 5.74) is -0.0661. The van der Waals surface area contributed by atoms with E-state index in [0.29, 0.717) is 0 Å². The molecule has 1 aromatic carbocycles. The second kappa shape index (κ2) is 5.70. The van der Waals surface area contributed by atoms with E-state index in [9.17, 15) is 19.8 Å². The topological polar surface area (TPSA) is 107 Å². The molecule has 0 aliphatic heterocycles. The Bertz CT molecular complexity index is 475. The molecule has 0 heterocycles. The van der Waals surface area contributed by atoms with E-state index in [1.54, 1.807) is 0 Å². The average molecular weight is 274 g/mol. The van der Waals surface area contributed by atoms with Crippen molar-refractivity contribution in [1.82, 2.24) is 5.32 Å². The Morgan fingerprint density at radius 2 is 2.00 bits per heavy atom. The van der Waals surface area contributed by atoms with Gasteiger partial charge in [-0.1, -0.05) is 11.6 Å². The van der Waals surface area contributed by atoms with Gasteiger partial charge >= 0.3 is 5.97 Å². The van der Waals surface area contributed by atoms with Gasteiger partial charge in [0, 0.05) is 0 Å². The van der Waals surface area contributed by atoms with Gasteiger partial charge in [-0.25, -0.2) is 4.79 Å². The Hall–Kier alpha value is -1.79. The lowest BCUT2D eigenvalue weighted by molar-refractivity contribution is -0.141. The lowest BCUT2D eigenvalue weighted by atomic mass is 10.1.